The molecule has 1 heterocycles. The molecule has 0 radical (unpaired) electrons. The smallest absolute Gasteiger partial charge is 0.341 e. The molecule has 2 rings (SSSR count). The molecule has 114 valence electrons. The molecular weight excluding hydrogens is 291 g/mol. The number of nitrogens with zero attached hydrogens (tertiary/aromatic N) is 2. The second kappa shape index (κ2) is 7.16. The van der Waals surface area contributed by atoms with Gasteiger partial charge in [0.25, 0.3) is 0 Å². The number of benzene rings is 1. The maximum atomic E-state index is 13.1. The zero-order valence-corrected chi connectivity index (χ0v) is 11.9. The zero-order valence-electron chi connectivity index (χ0n) is 11.9. The van der Waals surface area contributed by atoms with E-state index < -0.39 is 11.9 Å². The number of ether oxygens (including phenoxy) is 3. The Morgan fingerprint density at radius 2 is 2.00 bits per heavy atom. The number of halogens is 1. The minimum atomic E-state index is -0.719. The Kier molecular flexibility index (Phi) is 5.02. The van der Waals surface area contributed by atoms with Crippen molar-refractivity contribution in [2.24, 2.45) is 0 Å². The van der Waals surface area contributed by atoms with E-state index in [1.54, 1.807) is 24.3 Å². The van der Waals surface area contributed by atoms with Gasteiger partial charge in [-0.2, -0.15) is 4.39 Å². The summed E-state index contributed by atoms with van der Waals surface area (Å²) in [6.45, 7) is 0. The van der Waals surface area contributed by atoms with Gasteiger partial charge < -0.3 is 14.2 Å². The number of methoxy groups -OCH3 is 2. The molecule has 0 saturated carbocycles. The number of hydrogen-bond donors (Lipinski definition) is 0. The third kappa shape index (κ3) is 3.57. The lowest BCUT2D eigenvalue weighted by atomic mass is 10.1. The molecule has 0 spiro atoms. The molecule has 0 aliphatic heterocycles. The van der Waals surface area contributed by atoms with Crippen molar-refractivity contribution in [3.8, 4) is 11.6 Å². The van der Waals surface area contributed by atoms with Crippen LogP contribution in [-0.2, 0) is 14.3 Å². The molecule has 7 heteroatoms. The number of rotatable bonds is 5. The van der Waals surface area contributed by atoms with Crippen LogP contribution >= 0.6 is 0 Å². The van der Waals surface area contributed by atoms with Crippen LogP contribution in [0.4, 0.5) is 4.39 Å². The molecule has 1 aromatic heterocycles. The third-order valence-electron chi connectivity index (χ3n) is 2.64. The molecule has 1 aromatic carbocycles. The Morgan fingerprint density at radius 3 is 2.68 bits per heavy atom. The largest absolute Gasteiger partial charge is 0.503 e. The van der Waals surface area contributed by atoms with Crippen LogP contribution in [0.3, 0.4) is 0 Å². The van der Waals surface area contributed by atoms with Gasteiger partial charge in [0.05, 0.1) is 26.5 Å². The Hall–Kier alpha value is -2.96. The van der Waals surface area contributed by atoms with Crippen molar-refractivity contribution in [1.82, 2.24) is 9.97 Å². The average Bonchev–Trinajstić information content (AvgIpc) is 2.53. The lowest BCUT2D eigenvalue weighted by molar-refractivity contribution is -0.133. The lowest BCUT2D eigenvalue weighted by Crippen LogP contribution is -2.06. The van der Waals surface area contributed by atoms with Crippen LogP contribution in [0.1, 0.15) is 5.56 Å². The predicted octanol–water partition coefficient (Wildman–Crippen LogP) is 2.57. The van der Waals surface area contributed by atoms with Crippen molar-refractivity contribution in [2.45, 2.75) is 0 Å². The van der Waals surface area contributed by atoms with E-state index in [0.29, 0.717) is 11.3 Å². The third-order valence-corrected chi connectivity index (χ3v) is 2.64. The quantitative estimate of drug-likeness (QED) is 0.366. The highest BCUT2D eigenvalue weighted by atomic mass is 19.1. The first-order valence-electron chi connectivity index (χ1n) is 6.21. The molecule has 6 nitrogen and oxygen atoms in total. The molecule has 0 fully saturated rings. The first kappa shape index (κ1) is 15.4. The van der Waals surface area contributed by atoms with Gasteiger partial charge in [-0.15, -0.1) is 0 Å². The van der Waals surface area contributed by atoms with E-state index in [2.05, 4.69) is 9.97 Å². The monoisotopic (exact) mass is 304 g/mol. The summed E-state index contributed by atoms with van der Waals surface area (Å²) in [5, 5.41) is 0. The summed E-state index contributed by atoms with van der Waals surface area (Å²) in [6, 6.07) is 7.72. The number of hydrogen-bond acceptors (Lipinski definition) is 6. The van der Waals surface area contributed by atoms with Crippen molar-refractivity contribution < 1.29 is 23.4 Å². The van der Waals surface area contributed by atoms with Crippen molar-refractivity contribution in [3.63, 3.8) is 0 Å². The second-order valence-electron chi connectivity index (χ2n) is 4.04. The van der Waals surface area contributed by atoms with Crippen molar-refractivity contribution in [1.29, 1.82) is 0 Å². The maximum absolute atomic E-state index is 13.1. The summed E-state index contributed by atoms with van der Waals surface area (Å²) in [6.07, 6.45) is 2.29. The van der Waals surface area contributed by atoms with E-state index in [-0.39, 0.29) is 11.5 Å². The average molecular weight is 304 g/mol. The summed E-state index contributed by atoms with van der Waals surface area (Å²) in [5.74, 6) is -0.995. The number of aromatic nitrogens is 2. The molecule has 2 aromatic rings. The first-order chi connectivity index (χ1) is 10.7. The van der Waals surface area contributed by atoms with E-state index in [4.69, 9.17) is 14.2 Å². The molecular formula is C15H13FN2O4. The van der Waals surface area contributed by atoms with Crippen LogP contribution in [0.2, 0.25) is 0 Å². The molecule has 0 N–H and O–H groups in total. The summed E-state index contributed by atoms with van der Waals surface area (Å²) in [5.41, 5.74) is 0.588. The Bertz CT molecular complexity index is 703. The fourth-order valence-electron chi connectivity index (χ4n) is 1.71. The van der Waals surface area contributed by atoms with E-state index in [1.807, 2.05) is 0 Å². The van der Waals surface area contributed by atoms with Gasteiger partial charge in [0.1, 0.15) is 17.6 Å². The molecule has 22 heavy (non-hydrogen) atoms. The maximum Gasteiger partial charge on any atom is 0.341 e. The predicted molar refractivity (Wildman–Crippen MR) is 75.5 cm³/mol. The normalized spacial score (nSPS) is 11.0. The van der Waals surface area contributed by atoms with Crippen LogP contribution in [0.5, 0.6) is 11.6 Å². The fourth-order valence-corrected chi connectivity index (χ4v) is 1.71. The topological polar surface area (TPSA) is 70.5 Å². The SMILES string of the molecule is CO/C=C(/C(=O)OC)c1ccccc1Oc1cc(F)ncn1. The fraction of sp³-hybridized carbons (Fsp3) is 0.133. The highest BCUT2D eigenvalue weighted by Crippen LogP contribution is 2.30. The van der Waals surface area contributed by atoms with Gasteiger partial charge in [-0.25, -0.2) is 14.8 Å². The van der Waals surface area contributed by atoms with E-state index in [9.17, 15) is 9.18 Å². The molecule has 0 aliphatic rings. The van der Waals surface area contributed by atoms with Crippen LogP contribution in [0, 0.1) is 5.95 Å². The summed E-state index contributed by atoms with van der Waals surface area (Å²) >= 11 is 0. The number of carbonyl (C=O) groups excluding carboxylic acids is 1. The van der Waals surface area contributed by atoms with Crippen molar-refractivity contribution >= 4 is 11.5 Å². The van der Waals surface area contributed by atoms with Crippen LogP contribution < -0.4 is 4.74 Å². The highest BCUT2D eigenvalue weighted by molar-refractivity contribution is 6.17. The highest BCUT2D eigenvalue weighted by Gasteiger charge is 2.18. The van der Waals surface area contributed by atoms with Gasteiger partial charge >= 0.3 is 5.97 Å². The number of esters is 1. The molecule has 0 saturated heterocycles. The summed E-state index contributed by atoms with van der Waals surface area (Å²) < 4.78 is 28.2. The van der Waals surface area contributed by atoms with Gasteiger partial charge in [-0.3, -0.25) is 0 Å². The number of carbonyl (C=O) groups is 1. The Balaban J connectivity index is 2.41. The first-order valence-corrected chi connectivity index (χ1v) is 6.21. The standard InChI is InChI=1S/C15H13FN2O4/c1-20-8-11(15(19)21-2)10-5-3-4-6-12(10)22-14-7-13(16)17-9-18-14/h3-9H,1-2H3/b11-8+. The summed E-state index contributed by atoms with van der Waals surface area (Å²) in [7, 11) is 2.67. The van der Waals surface area contributed by atoms with Crippen molar-refractivity contribution in [2.75, 3.05) is 14.2 Å². The van der Waals surface area contributed by atoms with Crippen LogP contribution in [-0.4, -0.2) is 30.2 Å². The molecule has 0 amide bonds. The van der Waals surface area contributed by atoms with E-state index in [1.165, 1.54) is 20.5 Å². The van der Waals surface area contributed by atoms with Gasteiger partial charge in [0, 0.05) is 5.56 Å². The van der Waals surface area contributed by atoms with Crippen LogP contribution in [0.15, 0.2) is 42.9 Å². The molecule has 0 bridgehead atoms. The Labute approximate surface area is 126 Å². The van der Waals surface area contributed by atoms with Gasteiger partial charge in [0.2, 0.25) is 11.8 Å². The summed E-state index contributed by atoms with van der Waals surface area (Å²) in [4.78, 5) is 19.0. The zero-order chi connectivity index (χ0) is 15.9. The van der Waals surface area contributed by atoms with Crippen molar-refractivity contribution in [3.05, 3.63) is 54.4 Å². The molecule has 0 aliphatic carbocycles. The van der Waals surface area contributed by atoms with Gasteiger partial charge in [-0.1, -0.05) is 18.2 Å². The lowest BCUT2D eigenvalue weighted by Gasteiger charge is -2.11. The van der Waals surface area contributed by atoms with Gasteiger partial charge in [0.15, 0.2) is 0 Å². The second-order valence-corrected chi connectivity index (χ2v) is 4.04. The van der Waals surface area contributed by atoms with Crippen LogP contribution in [0.25, 0.3) is 5.57 Å². The molecule has 0 unspecified atom stereocenters. The van der Waals surface area contributed by atoms with E-state index in [0.717, 1.165) is 12.4 Å². The minimum absolute atomic E-state index is 0.0154. The number of para-hydroxylation sites is 1. The Morgan fingerprint density at radius 1 is 1.23 bits per heavy atom. The minimum Gasteiger partial charge on any atom is -0.503 e. The van der Waals surface area contributed by atoms with Gasteiger partial charge in [-0.05, 0) is 6.07 Å². The molecule has 0 atom stereocenters. The van der Waals surface area contributed by atoms with E-state index >= 15 is 0 Å².